The van der Waals surface area contributed by atoms with E-state index in [4.69, 9.17) is 4.74 Å². The van der Waals surface area contributed by atoms with Crippen LogP contribution in [0.3, 0.4) is 0 Å². The molecule has 0 aliphatic carbocycles. The number of hydrogen-bond donors (Lipinski definition) is 3. The van der Waals surface area contributed by atoms with Gasteiger partial charge in [0.1, 0.15) is 30.3 Å². The normalized spacial score (nSPS) is 10.4. The lowest BCUT2D eigenvalue weighted by atomic mass is 10.1. The summed E-state index contributed by atoms with van der Waals surface area (Å²) >= 11 is 3.21. The van der Waals surface area contributed by atoms with Gasteiger partial charge in [-0.3, -0.25) is 9.59 Å². The van der Waals surface area contributed by atoms with Crippen molar-refractivity contribution in [3.8, 4) is 5.75 Å². The number of nitrogens with zero attached hydrogens (tertiary/aromatic N) is 2. The van der Waals surface area contributed by atoms with Gasteiger partial charge in [-0.1, -0.05) is 22.5 Å². The van der Waals surface area contributed by atoms with Gasteiger partial charge in [0.05, 0.1) is 30.0 Å². The van der Waals surface area contributed by atoms with Crippen LogP contribution in [0.2, 0.25) is 0 Å². The average molecular weight is 546 g/mol. The van der Waals surface area contributed by atoms with Gasteiger partial charge in [0.2, 0.25) is 5.91 Å². The quantitative estimate of drug-likeness (QED) is 0.161. The van der Waals surface area contributed by atoms with E-state index in [-0.39, 0.29) is 36.9 Å². The number of ether oxygens (including phenoxy) is 2. The summed E-state index contributed by atoms with van der Waals surface area (Å²) in [5.74, 6) is -2.31. The summed E-state index contributed by atoms with van der Waals surface area (Å²) < 4.78 is 25.2. The summed E-state index contributed by atoms with van der Waals surface area (Å²) in [4.78, 5) is 43.4. The lowest BCUT2D eigenvalue weighted by Gasteiger charge is -2.15. The fourth-order valence-corrected chi connectivity index (χ4v) is 3.23. The molecule has 2 amide bonds. The molecule has 35 heavy (non-hydrogen) atoms. The van der Waals surface area contributed by atoms with Crippen LogP contribution in [-0.2, 0) is 19.1 Å². The van der Waals surface area contributed by atoms with Crippen molar-refractivity contribution in [2.45, 2.75) is 6.92 Å². The highest BCUT2D eigenvalue weighted by Gasteiger charge is 2.16. The van der Waals surface area contributed by atoms with Crippen LogP contribution in [0, 0.1) is 5.82 Å². The van der Waals surface area contributed by atoms with E-state index in [0.29, 0.717) is 21.2 Å². The van der Waals surface area contributed by atoms with Crippen LogP contribution in [0.25, 0.3) is 10.9 Å². The maximum atomic E-state index is 14.3. The second-order valence-corrected chi connectivity index (χ2v) is 7.77. The van der Waals surface area contributed by atoms with Gasteiger partial charge in [0, 0.05) is 15.9 Å². The van der Waals surface area contributed by atoms with Crippen LogP contribution in [-0.4, -0.2) is 47.5 Å². The number of rotatable bonds is 9. The van der Waals surface area contributed by atoms with E-state index < -0.39 is 23.6 Å². The second kappa shape index (κ2) is 11.9. The first-order chi connectivity index (χ1) is 16.8. The lowest BCUT2D eigenvalue weighted by molar-refractivity contribution is -0.154. The number of halogens is 2. The Bertz CT molecular complexity index is 1290. The fourth-order valence-electron chi connectivity index (χ4n) is 2.90. The van der Waals surface area contributed by atoms with Crippen LogP contribution < -0.4 is 20.7 Å². The van der Waals surface area contributed by atoms with Crippen LogP contribution in [0.1, 0.15) is 6.92 Å². The molecule has 2 aromatic carbocycles. The lowest BCUT2D eigenvalue weighted by Crippen LogP contribution is -2.35. The Morgan fingerprint density at radius 1 is 1.17 bits per heavy atom. The number of benzene rings is 2. The van der Waals surface area contributed by atoms with Gasteiger partial charge < -0.3 is 25.4 Å². The Morgan fingerprint density at radius 3 is 2.69 bits per heavy atom. The Balaban J connectivity index is 1.85. The summed E-state index contributed by atoms with van der Waals surface area (Å²) in [6, 6.07) is 7.68. The number of anilines is 3. The molecule has 0 unspecified atom stereocenters. The van der Waals surface area contributed by atoms with Gasteiger partial charge in [0.15, 0.2) is 0 Å². The highest BCUT2D eigenvalue weighted by molar-refractivity contribution is 9.10. The number of carbonyl (C=O) groups excluding carboxylic acids is 3. The van der Waals surface area contributed by atoms with Crippen molar-refractivity contribution < 1.29 is 28.2 Å². The van der Waals surface area contributed by atoms with Crippen molar-refractivity contribution >= 4 is 61.8 Å². The monoisotopic (exact) mass is 545 g/mol. The van der Waals surface area contributed by atoms with Crippen LogP contribution in [0.4, 0.5) is 21.6 Å². The standard InChI is InChI=1S/C23H21BrFN5O5/c1-3-20(31)29-18-10-14-17(11-19(18)35-8-7-26-22(32)23(33)34-4-2)27-12-28-21(14)30-16-6-5-13(24)9-15(16)25/h3,5-6,9-12H,1,4,7-8H2,2H3,(H,26,32)(H,29,31)(H,27,28,30). The molecule has 0 bridgehead atoms. The molecule has 0 fully saturated rings. The molecule has 0 aliphatic heterocycles. The molecule has 0 radical (unpaired) electrons. The smallest absolute Gasteiger partial charge is 0.396 e. The van der Waals surface area contributed by atoms with Crippen LogP contribution in [0.5, 0.6) is 5.75 Å². The van der Waals surface area contributed by atoms with E-state index in [1.54, 1.807) is 31.2 Å². The van der Waals surface area contributed by atoms with E-state index in [2.05, 4.69) is 53.2 Å². The SMILES string of the molecule is C=CC(=O)Nc1cc2c(Nc3ccc(Br)cc3F)ncnc2cc1OCCNC(=O)C(=O)OCC. The number of esters is 1. The summed E-state index contributed by atoms with van der Waals surface area (Å²) in [5.41, 5.74) is 0.915. The molecule has 10 nitrogen and oxygen atoms in total. The molecule has 0 saturated heterocycles. The molecule has 0 aliphatic rings. The molecular weight excluding hydrogens is 525 g/mol. The highest BCUT2D eigenvalue weighted by Crippen LogP contribution is 2.34. The fraction of sp³-hybridized carbons (Fsp3) is 0.174. The van der Waals surface area contributed by atoms with Gasteiger partial charge >= 0.3 is 11.9 Å². The molecular formula is C23H21BrFN5O5. The van der Waals surface area contributed by atoms with Gasteiger partial charge in [0.25, 0.3) is 0 Å². The Labute approximate surface area is 208 Å². The van der Waals surface area contributed by atoms with Gasteiger partial charge in [-0.05, 0) is 37.3 Å². The van der Waals surface area contributed by atoms with Crippen molar-refractivity contribution in [3.05, 3.63) is 59.6 Å². The molecule has 1 aromatic heterocycles. The van der Waals surface area contributed by atoms with E-state index in [1.807, 2.05) is 0 Å². The van der Waals surface area contributed by atoms with E-state index in [0.717, 1.165) is 6.08 Å². The number of amides is 2. The molecule has 0 atom stereocenters. The third kappa shape index (κ3) is 6.73. The maximum absolute atomic E-state index is 14.3. The molecule has 0 spiro atoms. The van der Waals surface area contributed by atoms with Crippen molar-refractivity contribution in [1.29, 1.82) is 0 Å². The van der Waals surface area contributed by atoms with E-state index in [9.17, 15) is 18.8 Å². The number of hydrogen-bond acceptors (Lipinski definition) is 8. The Hall–Kier alpha value is -4.06. The zero-order chi connectivity index (χ0) is 25.4. The first-order valence-electron chi connectivity index (χ1n) is 10.3. The summed E-state index contributed by atoms with van der Waals surface area (Å²) in [6.45, 7) is 5.10. The summed E-state index contributed by atoms with van der Waals surface area (Å²) in [7, 11) is 0. The van der Waals surface area contributed by atoms with Crippen molar-refractivity contribution in [3.63, 3.8) is 0 Å². The van der Waals surface area contributed by atoms with Crippen molar-refractivity contribution in [2.24, 2.45) is 0 Å². The number of aromatic nitrogens is 2. The van der Waals surface area contributed by atoms with Gasteiger partial charge in [-0.15, -0.1) is 0 Å². The molecule has 12 heteroatoms. The summed E-state index contributed by atoms with van der Waals surface area (Å²) in [6.07, 6.45) is 2.39. The minimum absolute atomic E-state index is 0.00392. The van der Waals surface area contributed by atoms with E-state index in [1.165, 1.54) is 12.4 Å². The molecule has 3 rings (SSSR count). The molecule has 3 N–H and O–H groups in total. The average Bonchev–Trinajstić information content (AvgIpc) is 2.83. The zero-order valence-corrected chi connectivity index (χ0v) is 20.1. The third-order valence-electron chi connectivity index (χ3n) is 4.47. The molecule has 182 valence electrons. The highest BCUT2D eigenvalue weighted by atomic mass is 79.9. The molecule has 3 aromatic rings. The van der Waals surface area contributed by atoms with Crippen molar-refractivity contribution in [2.75, 3.05) is 30.4 Å². The Morgan fingerprint density at radius 2 is 1.97 bits per heavy atom. The topological polar surface area (TPSA) is 132 Å². The third-order valence-corrected chi connectivity index (χ3v) is 4.96. The van der Waals surface area contributed by atoms with Crippen LogP contribution in [0.15, 0.2) is 53.8 Å². The minimum atomic E-state index is -0.990. The van der Waals surface area contributed by atoms with Gasteiger partial charge in [-0.25, -0.2) is 19.2 Å². The number of fused-ring (bicyclic) bond motifs is 1. The number of nitrogens with one attached hydrogen (secondary N) is 3. The van der Waals surface area contributed by atoms with Crippen molar-refractivity contribution in [1.82, 2.24) is 15.3 Å². The predicted molar refractivity (Wildman–Crippen MR) is 131 cm³/mol. The molecule has 0 saturated carbocycles. The van der Waals surface area contributed by atoms with Crippen LogP contribution >= 0.6 is 15.9 Å². The number of carbonyl (C=O) groups is 3. The predicted octanol–water partition coefficient (Wildman–Crippen LogP) is 3.46. The maximum Gasteiger partial charge on any atom is 0.396 e. The largest absolute Gasteiger partial charge is 0.489 e. The summed E-state index contributed by atoms with van der Waals surface area (Å²) in [5, 5.41) is 8.43. The first-order valence-corrected chi connectivity index (χ1v) is 11.1. The van der Waals surface area contributed by atoms with E-state index >= 15 is 0 Å². The minimum Gasteiger partial charge on any atom is -0.489 e. The van der Waals surface area contributed by atoms with Gasteiger partial charge in [-0.2, -0.15) is 0 Å². The first kappa shape index (κ1) is 25.6. The Kier molecular flexibility index (Phi) is 8.68. The second-order valence-electron chi connectivity index (χ2n) is 6.86. The molecule has 1 heterocycles. The zero-order valence-electron chi connectivity index (χ0n) is 18.6.